The average Bonchev–Trinajstić information content (AvgIpc) is 2.82. The standard InChI is InChI=1S/C14H13ClN2/c15-13-6-2-4-10-3-1-5-11(14(10)13)7-12-8-16-9-17-12/h1-6,9,12H,7-8H2,(H,16,17). The molecule has 3 rings (SSSR count). The molecule has 2 aromatic rings. The van der Waals surface area contributed by atoms with Gasteiger partial charge in [-0.2, -0.15) is 0 Å². The Balaban J connectivity index is 2.03. The van der Waals surface area contributed by atoms with Gasteiger partial charge in [-0.1, -0.05) is 41.9 Å². The van der Waals surface area contributed by atoms with Gasteiger partial charge in [-0.05, 0) is 23.4 Å². The van der Waals surface area contributed by atoms with Crippen molar-refractivity contribution in [2.75, 3.05) is 6.54 Å². The van der Waals surface area contributed by atoms with E-state index in [-0.39, 0.29) is 0 Å². The molecule has 0 aromatic heterocycles. The summed E-state index contributed by atoms with van der Waals surface area (Å²) in [5, 5.41) is 6.46. The van der Waals surface area contributed by atoms with Gasteiger partial charge in [-0.25, -0.2) is 0 Å². The summed E-state index contributed by atoms with van der Waals surface area (Å²) in [4.78, 5) is 4.19. The molecule has 1 N–H and O–H groups in total. The predicted molar refractivity (Wildman–Crippen MR) is 72.9 cm³/mol. The van der Waals surface area contributed by atoms with Crippen LogP contribution in [-0.4, -0.2) is 18.9 Å². The lowest BCUT2D eigenvalue weighted by molar-refractivity contribution is 0.659. The maximum absolute atomic E-state index is 6.30. The lowest BCUT2D eigenvalue weighted by Crippen LogP contribution is -2.27. The zero-order valence-corrected chi connectivity index (χ0v) is 10.1. The van der Waals surface area contributed by atoms with Gasteiger partial charge in [0, 0.05) is 10.4 Å². The minimum absolute atomic E-state index is 0.400. The highest BCUT2D eigenvalue weighted by Crippen LogP contribution is 2.27. The van der Waals surface area contributed by atoms with Crippen LogP contribution in [0, 0.1) is 0 Å². The van der Waals surface area contributed by atoms with E-state index < -0.39 is 0 Å². The maximum atomic E-state index is 6.30. The third-order valence-corrected chi connectivity index (χ3v) is 3.45. The Morgan fingerprint density at radius 3 is 2.82 bits per heavy atom. The number of aliphatic imine (C=N–C) groups is 1. The minimum atomic E-state index is 0.400. The van der Waals surface area contributed by atoms with Gasteiger partial charge < -0.3 is 5.32 Å². The molecule has 1 aliphatic rings. The largest absolute Gasteiger partial charge is 0.372 e. The second-order valence-electron chi connectivity index (χ2n) is 4.32. The summed E-state index contributed by atoms with van der Waals surface area (Å²) >= 11 is 6.30. The lowest BCUT2D eigenvalue weighted by Gasteiger charge is -2.12. The number of hydrogen-bond acceptors (Lipinski definition) is 2. The van der Waals surface area contributed by atoms with Gasteiger partial charge >= 0.3 is 0 Å². The van der Waals surface area contributed by atoms with Crippen molar-refractivity contribution < 1.29 is 0 Å². The van der Waals surface area contributed by atoms with E-state index in [1.807, 2.05) is 12.1 Å². The lowest BCUT2D eigenvalue weighted by atomic mass is 9.99. The first-order valence-electron chi connectivity index (χ1n) is 5.75. The van der Waals surface area contributed by atoms with Crippen molar-refractivity contribution in [2.45, 2.75) is 12.5 Å². The number of nitrogens with zero attached hydrogens (tertiary/aromatic N) is 1. The van der Waals surface area contributed by atoms with E-state index in [1.165, 1.54) is 16.3 Å². The van der Waals surface area contributed by atoms with Crippen LogP contribution in [0.25, 0.3) is 10.8 Å². The molecule has 2 nitrogen and oxygen atoms in total. The smallest absolute Gasteiger partial charge is 0.0827 e. The number of nitrogens with one attached hydrogen (secondary N) is 1. The summed E-state index contributed by atoms with van der Waals surface area (Å²) in [6, 6.07) is 12.8. The summed E-state index contributed by atoms with van der Waals surface area (Å²) in [5.74, 6) is 0. The van der Waals surface area contributed by atoms with Gasteiger partial charge in [0.15, 0.2) is 0 Å². The molecule has 0 aliphatic carbocycles. The van der Waals surface area contributed by atoms with Crippen LogP contribution in [0.15, 0.2) is 41.4 Å². The fraction of sp³-hybridized carbons (Fsp3) is 0.214. The zero-order valence-electron chi connectivity index (χ0n) is 9.36. The maximum Gasteiger partial charge on any atom is 0.0827 e. The normalized spacial score (nSPS) is 18.5. The molecule has 1 aliphatic heterocycles. The van der Waals surface area contributed by atoms with Gasteiger partial charge in [0.1, 0.15) is 0 Å². The van der Waals surface area contributed by atoms with E-state index in [2.05, 4.69) is 34.6 Å². The van der Waals surface area contributed by atoms with E-state index in [0.717, 1.165) is 18.0 Å². The van der Waals surface area contributed by atoms with Gasteiger partial charge in [0.05, 0.1) is 18.9 Å². The highest BCUT2D eigenvalue weighted by molar-refractivity contribution is 6.35. The number of hydrogen-bond donors (Lipinski definition) is 1. The third kappa shape index (κ3) is 2.01. The Morgan fingerprint density at radius 2 is 2.06 bits per heavy atom. The van der Waals surface area contributed by atoms with Gasteiger partial charge in [-0.15, -0.1) is 0 Å². The summed E-state index contributed by atoms with van der Waals surface area (Å²) < 4.78 is 0. The Bertz CT molecular complexity index is 564. The Hall–Kier alpha value is -1.54. The SMILES string of the molecule is Clc1cccc2cccc(CC3CN=CN3)c12. The van der Waals surface area contributed by atoms with E-state index in [0.29, 0.717) is 6.04 Å². The summed E-state index contributed by atoms with van der Waals surface area (Å²) in [5.41, 5.74) is 1.29. The van der Waals surface area contributed by atoms with E-state index in [1.54, 1.807) is 6.34 Å². The number of fused-ring (bicyclic) bond motifs is 1. The average molecular weight is 245 g/mol. The molecular weight excluding hydrogens is 232 g/mol. The van der Waals surface area contributed by atoms with Crippen LogP contribution in [0.1, 0.15) is 5.56 Å². The number of halogens is 1. The second kappa shape index (κ2) is 4.38. The van der Waals surface area contributed by atoms with Crippen molar-refractivity contribution in [1.29, 1.82) is 0 Å². The fourth-order valence-corrected chi connectivity index (χ4v) is 2.62. The van der Waals surface area contributed by atoms with Crippen LogP contribution < -0.4 is 5.32 Å². The number of rotatable bonds is 2. The quantitative estimate of drug-likeness (QED) is 0.863. The first kappa shape index (κ1) is 10.6. The Morgan fingerprint density at radius 1 is 1.24 bits per heavy atom. The van der Waals surface area contributed by atoms with Gasteiger partial charge in [-0.3, -0.25) is 4.99 Å². The van der Waals surface area contributed by atoms with Crippen LogP contribution in [0.3, 0.4) is 0 Å². The van der Waals surface area contributed by atoms with E-state index >= 15 is 0 Å². The topological polar surface area (TPSA) is 24.4 Å². The molecule has 86 valence electrons. The van der Waals surface area contributed by atoms with Crippen LogP contribution in [-0.2, 0) is 6.42 Å². The number of benzene rings is 2. The molecule has 2 aromatic carbocycles. The third-order valence-electron chi connectivity index (χ3n) is 3.13. The molecule has 3 heteroatoms. The monoisotopic (exact) mass is 244 g/mol. The van der Waals surface area contributed by atoms with Crippen molar-refractivity contribution in [3.8, 4) is 0 Å². The van der Waals surface area contributed by atoms with Crippen LogP contribution in [0.5, 0.6) is 0 Å². The minimum Gasteiger partial charge on any atom is -0.372 e. The van der Waals surface area contributed by atoms with Crippen LogP contribution in [0.2, 0.25) is 5.02 Å². The fourth-order valence-electron chi connectivity index (χ4n) is 2.32. The van der Waals surface area contributed by atoms with Crippen LogP contribution >= 0.6 is 11.6 Å². The summed E-state index contributed by atoms with van der Waals surface area (Å²) in [6.45, 7) is 0.848. The van der Waals surface area contributed by atoms with Crippen molar-refractivity contribution in [1.82, 2.24) is 5.32 Å². The molecular formula is C14H13ClN2. The molecule has 0 amide bonds. The summed E-state index contributed by atoms with van der Waals surface area (Å²) in [7, 11) is 0. The van der Waals surface area contributed by atoms with Crippen molar-refractivity contribution in [3.05, 3.63) is 47.0 Å². The second-order valence-corrected chi connectivity index (χ2v) is 4.72. The van der Waals surface area contributed by atoms with Gasteiger partial charge in [0.2, 0.25) is 0 Å². The van der Waals surface area contributed by atoms with Crippen molar-refractivity contribution in [2.24, 2.45) is 4.99 Å². The first-order chi connectivity index (χ1) is 8.34. The predicted octanol–water partition coefficient (Wildman–Crippen LogP) is 3.04. The molecule has 0 spiro atoms. The van der Waals surface area contributed by atoms with Crippen LogP contribution in [0.4, 0.5) is 0 Å². The molecule has 1 unspecified atom stereocenters. The molecule has 0 fully saturated rings. The van der Waals surface area contributed by atoms with Crippen molar-refractivity contribution >= 4 is 28.7 Å². The highest BCUT2D eigenvalue weighted by atomic mass is 35.5. The molecule has 17 heavy (non-hydrogen) atoms. The summed E-state index contributed by atoms with van der Waals surface area (Å²) in [6.07, 6.45) is 2.75. The first-order valence-corrected chi connectivity index (χ1v) is 6.13. The zero-order chi connectivity index (χ0) is 11.7. The Kier molecular flexibility index (Phi) is 2.73. The highest BCUT2D eigenvalue weighted by Gasteiger charge is 2.13. The molecule has 0 saturated carbocycles. The molecule has 1 heterocycles. The van der Waals surface area contributed by atoms with Gasteiger partial charge in [0.25, 0.3) is 0 Å². The molecule has 0 bridgehead atoms. The molecule has 1 atom stereocenters. The Labute approximate surface area is 105 Å². The van der Waals surface area contributed by atoms with E-state index in [9.17, 15) is 0 Å². The molecule has 0 radical (unpaired) electrons. The van der Waals surface area contributed by atoms with E-state index in [4.69, 9.17) is 11.6 Å². The molecule has 0 saturated heterocycles. The van der Waals surface area contributed by atoms with Crippen molar-refractivity contribution in [3.63, 3.8) is 0 Å².